The van der Waals surface area contributed by atoms with E-state index >= 15 is 0 Å². The average molecular weight is 468 g/mol. The first-order chi connectivity index (χ1) is 15.0. The predicted molar refractivity (Wildman–Crippen MR) is 126 cm³/mol. The topological polar surface area (TPSA) is 114 Å². The number of ether oxygens (including phenoxy) is 1. The highest BCUT2D eigenvalue weighted by molar-refractivity contribution is 7.90. The molecule has 0 heterocycles. The van der Waals surface area contributed by atoms with E-state index in [4.69, 9.17) is 4.74 Å². The van der Waals surface area contributed by atoms with Crippen molar-refractivity contribution in [2.45, 2.75) is 70.6 Å². The van der Waals surface area contributed by atoms with E-state index in [1.54, 1.807) is 20.8 Å². The molecule has 0 aromatic heterocycles. The number of carbonyl (C=O) groups excluding carboxylic acids is 2. The van der Waals surface area contributed by atoms with Gasteiger partial charge in [0.2, 0.25) is 21.8 Å². The van der Waals surface area contributed by atoms with Crippen LogP contribution in [0.15, 0.2) is 24.3 Å². The molecule has 0 unspecified atom stereocenters. The van der Waals surface area contributed by atoms with E-state index in [0.29, 0.717) is 45.4 Å². The molecule has 1 saturated carbocycles. The Morgan fingerprint density at radius 3 is 2.22 bits per heavy atom. The molecule has 0 spiro atoms. The first-order valence-corrected chi connectivity index (χ1v) is 12.7. The van der Waals surface area contributed by atoms with Crippen molar-refractivity contribution in [1.82, 2.24) is 10.0 Å². The number of nitrogens with one attached hydrogen (secondary N) is 3. The summed E-state index contributed by atoms with van der Waals surface area (Å²) in [7, 11) is -3.37. The van der Waals surface area contributed by atoms with Gasteiger partial charge in [-0.3, -0.25) is 9.59 Å². The van der Waals surface area contributed by atoms with Gasteiger partial charge in [-0.05, 0) is 70.6 Å². The molecule has 0 atom stereocenters. The third-order valence-electron chi connectivity index (χ3n) is 5.58. The molecule has 3 N–H and O–H groups in total. The van der Waals surface area contributed by atoms with Gasteiger partial charge in [0.1, 0.15) is 0 Å². The van der Waals surface area contributed by atoms with E-state index in [-0.39, 0.29) is 23.8 Å². The number of hydrogen-bond acceptors (Lipinski definition) is 5. The first-order valence-electron chi connectivity index (χ1n) is 11.2. The van der Waals surface area contributed by atoms with E-state index < -0.39 is 14.8 Å². The summed E-state index contributed by atoms with van der Waals surface area (Å²) in [5, 5.41) is 5.65. The fourth-order valence-electron chi connectivity index (χ4n) is 3.51. The van der Waals surface area contributed by atoms with Crippen LogP contribution in [0.4, 0.5) is 5.69 Å². The Bertz CT molecular complexity index is 855. The Kier molecular flexibility index (Phi) is 9.66. The van der Waals surface area contributed by atoms with Crippen LogP contribution in [0.25, 0.3) is 0 Å². The maximum atomic E-state index is 12.4. The molecule has 9 heteroatoms. The number of benzene rings is 1. The lowest BCUT2D eigenvalue weighted by Gasteiger charge is -2.30. The minimum absolute atomic E-state index is 0.0132. The summed E-state index contributed by atoms with van der Waals surface area (Å²) < 4.78 is 32.1. The van der Waals surface area contributed by atoms with Crippen molar-refractivity contribution < 1.29 is 22.7 Å². The molecule has 1 aliphatic rings. The summed E-state index contributed by atoms with van der Waals surface area (Å²) in [6.07, 6.45) is 3.45. The van der Waals surface area contributed by atoms with Crippen LogP contribution < -0.4 is 15.4 Å². The predicted octanol–water partition coefficient (Wildman–Crippen LogP) is 2.60. The van der Waals surface area contributed by atoms with E-state index in [1.807, 2.05) is 24.3 Å². The molecule has 0 aliphatic heterocycles. The minimum atomic E-state index is -3.37. The number of amides is 2. The van der Waals surface area contributed by atoms with Crippen LogP contribution in [0.5, 0.6) is 0 Å². The Balaban J connectivity index is 1.59. The van der Waals surface area contributed by atoms with Gasteiger partial charge in [-0.15, -0.1) is 0 Å². The van der Waals surface area contributed by atoms with Gasteiger partial charge in [0.25, 0.3) is 0 Å². The van der Waals surface area contributed by atoms with Crippen LogP contribution in [-0.2, 0) is 30.8 Å². The summed E-state index contributed by atoms with van der Waals surface area (Å²) in [4.78, 5) is 23.4. The van der Waals surface area contributed by atoms with Gasteiger partial charge in [-0.1, -0.05) is 12.1 Å². The zero-order chi connectivity index (χ0) is 23.8. The molecule has 0 bridgehead atoms. The van der Waals surface area contributed by atoms with Crippen LogP contribution in [0.3, 0.4) is 0 Å². The molecular weight excluding hydrogens is 430 g/mol. The highest BCUT2D eigenvalue weighted by Gasteiger charge is 2.33. The van der Waals surface area contributed by atoms with Crippen molar-refractivity contribution in [3.63, 3.8) is 0 Å². The second-order valence-electron chi connectivity index (χ2n) is 9.31. The molecule has 0 saturated heterocycles. The highest BCUT2D eigenvalue weighted by Crippen LogP contribution is 2.26. The van der Waals surface area contributed by atoms with Gasteiger partial charge in [0.15, 0.2) is 0 Å². The van der Waals surface area contributed by atoms with Crippen LogP contribution in [0.1, 0.15) is 58.9 Å². The largest absolute Gasteiger partial charge is 0.379 e. The quantitative estimate of drug-likeness (QED) is 0.458. The summed E-state index contributed by atoms with van der Waals surface area (Å²) in [5.74, 6) is -0.159. The van der Waals surface area contributed by atoms with Crippen molar-refractivity contribution in [2.24, 2.45) is 5.92 Å². The van der Waals surface area contributed by atoms with Crippen molar-refractivity contribution in [3.8, 4) is 0 Å². The molecule has 0 radical (unpaired) electrons. The second-order valence-corrected chi connectivity index (χ2v) is 11.8. The van der Waals surface area contributed by atoms with Crippen LogP contribution in [-0.4, -0.2) is 50.8 Å². The van der Waals surface area contributed by atoms with Crippen molar-refractivity contribution in [1.29, 1.82) is 0 Å². The lowest BCUT2D eigenvalue weighted by Crippen LogP contribution is -2.46. The highest BCUT2D eigenvalue weighted by atomic mass is 32.2. The fraction of sp³-hybridized carbons (Fsp3) is 0.652. The smallest absolute Gasteiger partial charge is 0.223 e. The van der Waals surface area contributed by atoms with E-state index in [0.717, 1.165) is 17.7 Å². The normalized spacial score (nSPS) is 19.4. The van der Waals surface area contributed by atoms with Crippen LogP contribution in [0, 0.1) is 5.92 Å². The SMILES string of the molecule is CC(=O)Nc1ccc(CCOCCNC(=O)C2CCC(NS(=O)(=O)C(C)(C)C)CC2)cc1. The van der Waals surface area contributed by atoms with Gasteiger partial charge >= 0.3 is 0 Å². The molecule has 180 valence electrons. The maximum Gasteiger partial charge on any atom is 0.223 e. The van der Waals surface area contributed by atoms with Crippen molar-refractivity contribution >= 4 is 27.5 Å². The lowest BCUT2D eigenvalue weighted by atomic mass is 9.86. The molecule has 1 fully saturated rings. The summed E-state index contributed by atoms with van der Waals surface area (Å²) >= 11 is 0. The number of sulfonamides is 1. The molecule has 1 aliphatic carbocycles. The van der Waals surface area contributed by atoms with Crippen molar-refractivity contribution in [3.05, 3.63) is 29.8 Å². The fourth-order valence-corrected chi connectivity index (χ4v) is 4.54. The maximum absolute atomic E-state index is 12.4. The average Bonchev–Trinajstić information content (AvgIpc) is 2.70. The Morgan fingerprint density at radius 1 is 1.03 bits per heavy atom. The van der Waals surface area contributed by atoms with Gasteiger partial charge in [0.05, 0.1) is 18.0 Å². The minimum Gasteiger partial charge on any atom is -0.379 e. The van der Waals surface area contributed by atoms with Gasteiger partial charge in [0, 0.05) is 31.1 Å². The summed E-state index contributed by atoms with van der Waals surface area (Å²) in [5.41, 5.74) is 1.88. The molecule has 1 aromatic rings. The van der Waals surface area contributed by atoms with Gasteiger partial charge < -0.3 is 15.4 Å². The van der Waals surface area contributed by atoms with Crippen LogP contribution >= 0.6 is 0 Å². The van der Waals surface area contributed by atoms with Gasteiger partial charge in [-0.2, -0.15) is 0 Å². The van der Waals surface area contributed by atoms with Crippen molar-refractivity contribution in [2.75, 3.05) is 25.1 Å². The molecule has 8 nitrogen and oxygen atoms in total. The Morgan fingerprint density at radius 2 is 1.66 bits per heavy atom. The zero-order valence-corrected chi connectivity index (χ0v) is 20.4. The summed E-state index contributed by atoms with van der Waals surface area (Å²) in [6, 6.07) is 7.53. The number of anilines is 1. The Labute approximate surface area is 191 Å². The van der Waals surface area contributed by atoms with E-state index in [9.17, 15) is 18.0 Å². The second kappa shape index (κ2) is 11.8. The monoisotopic (exact) mass is 467 g/mol. The molecular formula is C23H37N3O5S. The van der Waals surface area contributed by atoms with Crippen LogP contribution in [0.2, 0.25) is 0 Å². The third-order valence-corrected chi connectivity index (χ3v) is 7.84. The van der Waals surface area contributed by atoms with E-state index in [2.05, 4.69) is 15.4 Å². The standard InChI is InChI=1S/C23H37N3O5S/c1-17(27)25-20-9-5-18(6-10-20)13-15-31-16-14-24-22(28)19-7-11-21(12-8-19)26-32(29,30)23(2,3)4/h5-6,9-10,19,21,26H,7-8,11-16H2,1-4H3,(H,24,28)(H,25,27). The van der Waals surface area contributed by atoms with E-state index in [1.165, 1.54) is 6.92 Å². The number of rotatable bonds is 10. The zero-order valence-electron chi connectivity index (χ0n) is 19.6. The Hall–Kier alpha value is -1.97. The third kappa shape index (κ3) is 8.52. The summed E-state index contributed by atoms with van der Waals surface area (Å²) in [6.45, 7) is 7.96. The first kappa shape index (κ1) is 26.3. The number of carbonyl (C=O) groups is 2. The molecule has 1 aromatic carbocycles. The molecule has 2 rings (SSSR count). The van der Waals surface area contributed by atoms with Gasteiger partial charge in [-0.25, -0.2) is 13.1 Å². The molecule has 2 amide bonds. The number of hydrogen-bond donors (Lipinski definition) is 3. The molecule has 32 heavy (non-hydrogen) atoms. The lowest BCUT2D eigenvalue weighted by molar-refractivity contribution is -0.126.